The summed E-state index contributed by atoms with van der Waals surface area (Å²) >= 11 is 2.92. The van der Waals surface area contributed by atoms with Gasteiger partial charge in [0.05, 0.1) is 99.7 Å². The standard InChI is InChI=1S/C50H54N6O10S.C29H36N4O6S.C21H20N2O5.2CH4/c1-29(19-36(57)12-7-9-15-47(60)65-5)48(61)52-30(2)42(58)24-37-22-32-20-33(16-17-45(32)67-37)54-49(62)41-23-34(28-55(41)3)53-46(59)14-10-18-66-44-26-39-38(25-43(44)64-4)50(63)56-35(27-51-39)21-31-11-6-8-13-40(31)56;1-17(11-22(34)7-5-6-8-27(36)39-4)28(37)31-18(2)25(35)15-23-13-19-12-21(9-10-26(19)40-23)32-29(38)24-14-20(30)16-33(24)3;1-27-18-10-15-16(11-19(18)28-8-4-7-20(24)25)22-12-14-9-13-5-2-3-6-17(13)23(14)21(15)26;;/h6,8,11,13,16-17,20,22-23,25-30,35H,7,9-10,12,14-15,18-19,21,24H2,1-5H3,(H,52,61)(H,53,59)(H,54,62);9-10,12-14,16-18H,5-8,11,15,30H2,1-4H3,(H,31,37)(H,32,38);2-3,5-6,10-12,14H,4,7-9H2,1H3,(H,24,25);2*1H4/t29-,30+,35+;17-,18+;14-;;/m110../s1. The highest BCUT2D eigenvalue weighted by atomic mass is 32.1. The number of aliphatic carboxylic acids is 1. The lowest BCUT2D eigenvalue weighted by atomic mass is 9.99. The molecule has 137 heavy (non-hydrogen) atoms. The van der Waals surface area contributed by atoms with E-state index in [1.165, 1.54) is 51.1 Å². The van der Waals surface area contributed by atoms with Gasteiger partial charge >= 0.3 is 17.9 Å². The predicted octanol–water partition coefficient (Wildman–Crippen LogP) is 16.0. The van der Waals surface area contributed by atoms with E-state index in [0.717, 1.165) is 58.8 Å². The number of para-hydroxylation sites is 2. The van der Waals surface area contributed by atoms with Crippen LogP contribution in [-0.2, 0) is 97.2 Å². The van der Waals surface area contributed by atoms with E-state index >= 15 is 0 Å². The summed E-state index contributed by atoms with van der Waals surface area (Å²) in [5.41, 5.74) is 14.5. The first-order valence-corrected chi connectivity index (χ1v) is 46.1. The first-order chi connectivity index (χ1) is 64.7. The zero-order chi connectivity index (χ0) is 96.8. The summed E-state index contributed by atoms with van der Waals surface area (Å²) in [5.74, 6) is -3.39. The number of hydrogen-bond donors (Lipinski definition) is 7. The molecule has 4 aromatic heterocycles. The number of carboxylic acid groups (broad SMARTS) is 1. The molecule has 0 spiro atoms. The number of carbonyl (C=O) groups excluding carboxylic acids is 13. The molecule has 8 heterocycles. The van der Waals surface area contributed by atoms with E-state index in [-0.39, 0.29) is 174 Å². The number of Topliss-reactive ketones (excluding diaryl/α,β-unsaturated/α-hetero) is 4. The molecule has 33 nitrogen and oxygen atoms in total. The average Bonchev–Trinajstić information content (AvgIpc) is 1.61. The second-order valence-corrected chi connectivity index (χ2v) is 35.9. The molecule has 0 saturated heterocycles. The Morgan fingerprint density at radius 2 is 0.905 bits per heavy atom. The van der Waals surface area contributed by atoms with Crippen LogP contribution in [0.2, 0.25) is 0 Å². The van der Waals surface area contributed by atoms with Gasteiger partial charge in [-0.1, -0.05) is 65.1 Å². The predicted molar refractivity (Wildman–Crippen MR) is 529 cm³/mol. The lowest BCUT2D eigenvalue weighted by Crippen LogP contribution is -2.42. The number of carboxylic acids is 1. The highest BCUT2D eigenvalue weighted by molar-refractivity contribution is 7.19. The Morgan fingerprint density at radius 1 is 0.482 bits per heavy atom. The van der Waals surface area contributed by atoms with Crippen LogP contribution in [0.25, 0.3) is 20.2 Å². The molecule has 0 unspecified atom stereocenters. The molecule has 6 atom stereocenters. The van der Waals surface area contributed by atoms with Crippen molar-refractivity contribution in [2.45, 2.75) is 182 Å². The van der Waals surface area contributed by atoms with Gasteiger partial charge in [-0.25, -0.2) is 0 Å². The molecule has 6 aromatic carbocycles. The number of hydrogen-bond acceptors (Lipinski definition) is 25. The zero-order valence-corrected chi connectivity index (χ0v) is 78.4. The van der Waals surface area contributed by atoms with Gasteiger partial charge in [0.25, 0.3) is 23.6 Å². The molecule has 0 fully saturated rings. The summed E-state index contributed by atoms with van der Waals surface area (Å²) in [6.07, 6.45) is 12.9. The lowest BCUT2D eigenvalue weighted by Gasteiger charge is -2.22. The third-order valence-electron chi connectivity index (χ3n) is 23.3. The van der Waals surface area contributed by atoms with Gasteiger partial charge in [-0.3, -0.25) is 86.9 Å². The molecule has 35 heteroatoms. The first kappa shape index (κ1) is 105. The van der Waals surface area contributed by atoms with Crippen LogP contribution >= 0.6 is 22.7 Å². The van der Waals surface area contributed by atoms with Gasteiger partial charge in [-0.05, 0) is 159 Å². The molecule has 0 radical (unpaired) electrons. The molecule has 10 aromatic rings. The Morgan fingerprint density at radius 3 is 1.33 bits per heavy atom. The minimum Gasteiger partial charge on any atom is -0.493 e. The first-order valence-electron chi connectivity index (χ1n) is 44.5. The molecule has 8 N–H and O–H groups in total. The average molecular weight is 1910 g/mol. The number of nitrogens with zero attached hydrogens (tertiary/aromatic N) is 6. The van der Waals surface area contributed by atoms with Gasteiger partial charge in [0.1, 0.15) is 23.0 Å². The number of nitrogen functional groups attached to an aromatic ring is 1. The van der Waals surface area contributed by atoms with Gasteiger partial charge in [0.2, 0.25) is 17.7 Å². The number of fused-ring (bicyclic) bond motifs is 10. The Kier molecular flexibility index (Phi) is 37.1. The number of aromatic nitrogens is 2. The maximum atomic E-state index is 13.7. The minimum atomic E-state index is -0.867. The van der Waals surface area contributed by atoms with E-state index in [0.29, 0.717) is 131 Å². The molecule has 14 rings (SSSR count). The van der Waals surface area contributed by atoms with Crippen molar-refractivity contribution in [3.8, 4) is 23.0 Å². The van der Waals surface area contributed by atoms with Gasteiger partial charge in [0.15, 0.2) is 34.6 Å². The van der Waals surface area contributed by atoms with Crippen LogP contribution in [0.1, 0.15) is 195 Å². The second kappa shape index (κ2) is 48.6. The Balaban J connectivity index is 0.000000234. The van der Waals surface area contributed by atoms with Crippen LogP contribution in [0.4, 0.5) is 45.5 Å². The van der Waals surface area contributed by atoms with Crippen molar-refractivity contribution in [2.24, 2.45) is 35.9 Å². The molecule has 0 saturated carbocycles. The monoisotopic (exact) mass is 1910 g/mol. The number of esters is 2. The lowest BCUT2D eigenvalue weighted by molar-refractivity contribution is -0.141. The van der Waals surface area contributed by atoms with Gasteiger partial charge in [-0.15, -0.1) is 22.7 Å². The van der Waals surface area contributed by atoms with Crippen molar-refractivity contribution in [1.82, 2.24) is 19.8 Å². The second-order valence-electron chi connectivity index (χ2n) is 33.5. The van der Waals surface area contributed by atoms with E-state index in [1.807, 2.05) is 84.9 Å². The Labute approximate surface area is 802 Å². The molecule has 4 aliphatic rings. The molecule has 4 aliphatic heterocycles. The van der Waals surface area contributed by atoms with E-state index in [1.54, 1.807) is 134 Å². The SMILES string of the molecule is C.C.COC(=O)CCCCC(=O)C[C@@H](C)C(=O)N[C@@H](C)C(=O)Cc1cc2cc(NC(=O)c3cc(N)cn3C)ccc2s1.COC(=O)CCCCC(=O)C[C@@H](C)C(=O)N[C@@H](C)C(=O)Cc1cc2cc(NC(=O)c3cc(NC(=O)CCCOc4cc5c(cc4OC)C(=O)N4c6ccccc6C[C@H]4C=N5)cn3C)ccc2s1.COc1cc2c(cc1OCCCC(=O)O)N=C[C@@H]1Cc3ccccc3N1C2=O. The number of anilines is 6. The number of nitrogens with two attached hydrogens (primary N) is 1. The normalized spacial score (nSPS) is 14.2. The van der Waals surface area contributed by atoms with Crippen LogP contribution in [0.3, 0.4) is 0 Å². The third-order valence-corrected chi connectivity index (χ3v) is 25.5. The highest BCUT2D eigenvalue weighted by Crippen LogP contribution is 2.44. The Hall–Kier alpha value is -14.5. The smallest absolute Gasteiger partial charge is 0.305 e. The number of unbranched alkanes of at least 4 members (excludes halogenated alkanes) is 2. The number of benzene rings is 6. The van der Waals surface area contributed by atoms with Crippen LogP contribution in [-0.4, -0.2) is 175 Å². The summed E-state index contributed by atoms with van der Waals surface area (Å²) in [4.78, 5) is 189. The number of nitrogens with one attached hydrogen (secondary N) is 5. The fraction of sp³-hybridized carbons (Fsp3) is 0.373. The zero-order valence-electron chi connectivity index (χ0n) is 76.8. The number of methoxy groups -OCH3 is 4. The molecule has 0 bridgehead atoms. The summed E-state index contributed by atoms with van der Waals surface area (Å²) in [7, 11) is 9.11. The fourth-order valence-corrected chi connectivity index (χ4v) is 18.1. The fourth-order valence-electron chi connectivity index (χ4n) is 16.0. The highest BCUT2D eigenvalue weighted by Gasteiger charge is 2.39. The van der Waals surface area contributed by atoms with Crippen LogP contribution < -0.4 is 61.1 Å². The Bertz CT molecular complexity index is 6240. The van der Waals surface area contributed by atoms with Crippen LogP contribution in [0.15, 0.2) is 156 Å². The molecule has 0 aliphatic carbocycles. The quantitative estimate of drug-likeness (QED) is 0.0138. The largest absolute Gasteiger partial charge is 0.493 e. The number of thiophene rings is 2. The number of aryl methyl sites for hydroxylation is 2. The number of ether oxygens (including phenoxy) is 6. The number of aliphatic imine (C=N–C) groups is 2. The van der Waals surface area contributed by atoms with Crippen molar-refractivity contribution in [1.29, 1.82) is 0 Å². The maximum Gasteiger partial charge on any atom is 0.305 e. The third kappa shape index (κ3) is 27.4. The van der Waals surface area contributed by atoms with E-state index in [2.05, 4.69) is 46.0 Å². The summed E-state index contributed by atoms with van der Waals surface area (Å²) in [6.45, 7) is 7.00. The van der Waals surface area contributed by atoms with Crippen molar-refractivity contribution in [2.75, 3.05) is 73.1 Å². The van der Waals surface area contributed by atoms with Crippen LogP contribution in [0.5, 0.6) is 23.0 Å². The molecule has 724 valence electrons. The number of rotatable bonds is 41. The van der Waals surface area contributed by atoms with Gasteiger partial charge in [0, 0.05) is 182 Å². The van der Waals surface area contributed by atoms with Crippen LogP contribution in [0, 0.1) is 11.8 Å². The molecule has 7 amide bonds. The summed E-state index contributed by atoms with van der Waals surface area (Å²) in [6, 6.07) is 38.6. The maximum absolute atomic E-state index is 13.7. The molecular weight excluding hydrogens is 1790 g/mol. The summed E-state index contributed by atoms with van der Waals surface area (Å²) < 4.78 is 37.0. The number of carbonyl (C=O) groups is 14. The number of ketones is 4. The van der Waals surface area contributed by atoms with Gasteiger partial charge in [-0.2, -0.15) is 0 Å². The molecular formula is C102H118N12O21S2. The van der Waals surface area contributed by atoms with Crippen molar-refractivity contribution < 1.29 is 101 Å². The van der Waals surface area contributed by atoms with E-state index in [9.17, 15) is 67.1 Å². The minimum absolute atomic E-state index is 0. The number of amides is 7. The van der Waals surface area contributed by atoms with Gasteiger partial charge < -0.3 is 75.0 Å². The van der Waals surface area contributed by atoms with E-state index < -0.39 is 29.9 Å². The van der Waals surface area contributed by atoms with Crippen molar-refractivity contribution in [3.63, 3.8) is 0 Å². The summed E-state index contributed by atoms with van der Waals surface area (Å²) in [5, 5.41) is 24.6. The van der Waals surface area contributed by atoms with E-state index in [4.69, 9.17) is 29.8 Å². The van der Waals surface area contributed by atoms with Crippen molar-refractivity contribution in [3.05, 3.63) is 189 Å². The topological polar surface area (TPSA) is 442 Å². The van der Waals surface area contributed by atoms with Crippen molar-refractivity contribution >= 4 is 183 Å².